The van der Waals surface area contributed by atoms with Gasteiger partial charge in [0.25, 0.3) is 5.88 Å². The third kappa shape index (κ3) is 4.48. The molecule has 0 saturated carbocycles. The second-order valence-corrected chi connectivity index (χ2v) is 3.19. The summed E-state index contributed by atoms with van der Waals surface area (Å²) in [5, 5.41) is 0. The Morgan fingerprint density at radius 2 is 2.06 bits per heavy atom. The number of pyridine rings is 1. The van der Waals surface area contributed by atoms with Crippen LogP contribution in [0.1, 0.15) is 12.5 Å². The van der Waals surface area contributed by atoms with Crippen molar-refractivity contribution < 1.29 is 22.6 Å². The van der Waals surface area contributed by atoms with Crippen molar-refractivity contribution in [2.75, 3.05) is 13.2 Å². The fourth-order valence-corrected chi connectivity index (χ4v) is 1.10. The molecular weight excluding hydrogens is 237 g/mol. The Bertz CT molecular complexity index is 369. The predicted molar refractivity (Wildman–Crippen MR) is 54.8 cm³/mol. The van der Waals surface area contributed by atoms with Gasteiger partial charge in [0, 0.05) is 12.7 Å². The average Bonchev–Trinajstić information content (AvgIpc) is 2.26. The Balaban J connectivity index is 2.82. The lowest BCUT2D eigenvalue weighted by atomic mass is 10.3. The number of nitrogens with zero attached hydrogens (tertiary/aromatic N) is 1. The molecule has 2 N–H and O–H groups in total. The lowest BCUT2D eigenvalue weighted by molar-refractivity contribution is -0.154. The van der Waals surface area contributed by atoms with E-state index in [4.69, 9.17) is 10.5 Å². The molecule has 0 spiro atoms. The molecule has 1 aromatic heterocycles. The lowest BCUT2D eigenvalue weighted by Crippen LogP contribution is -2.20. The van der Waals surface area contributed by atoms with Crippen LogP contribution >= 0.6 is 0 Å². The average molecular weight is 250 g/mol. The van der Waals surface area contributed by atoms with Crippen molar-refractivity contribution >= 4 is 0 Å². The minimum Gasteiger partial charge on any atom is -0.488 e. The molecule has 17 heavy (non-hydrogen) atoms. The van der Waals surface area contributed by atoms with Crippen molar-refractivity contribution in [3.05, 3.63) is 17.8 Å². The van der Waals surface area contributed by atoms with E-state index >= 15 is 0 Å². The number of hydrogen-bond acceptors (Lipinski definition) is 4. The number of rotatable bonds is 5. The third-order valence-corrected chi connectivity index (χ3v) is 1.78. The van der Waals surface area contributed by atoms with E-state index in [-0.39, 0.29) is 18.2 Å². The second kappa shape index (κ2) is 5.72. The highest BCUT2D eigenvalue weighted by molar-refractivity contribution is 5.36. The molecule has 0 fully saturated rings. The van der Waals surface area contributed by atoms with E-state index in [1.54, 1.807) is 6.92 Å². The van der Waals surface area contributed by atoms with Crippen LogP contribution in [0.5, 0.6) is 11.6 Å². The van der Waals surface area contributed by atoms with Gasteiger partial charge >= 0.3 is 6.18 Å². The van der Waals surface area contributed by atoms with Gasteiger partial charge < -0.3 is 15.2 Å². The maximum absolute atomic E-state index is 12.0. The Labute approximate surface area is 96.5 Å². The molecular formula is C10H13F3N2O2. The number of hydrogen-bond donors (Lipinski definition) is 1. The molecule has 7 heteroatoms. The molecule has 0 radical (unpaired) electrons. The summed E-state index contributed by atoms with van der Waals surface area (Å²) in [5.74, 6) is -0.0129. The maximum Gasteiger partial charge on any atom is 0.422 e. The molecule has 1 rings (SSSR count). The number of ether oxygens (including phenoxy) is 2. The minimum atomic E-state index is -4.41. The molecule has 0 saturated heterocycles. The molecule has 1 aromatic rings. The summed E-state index contributed by atoms with van der Waals surface area (Å²) >= 11 is 0. The van der Waals surface area contributed by atoms with Gasteiger partial charge in [0.1, 0.15) is 0 Å². The molecule has 0 aliphatic heterocycles. The Morgan fingerprint density at radius 1 is 1.35 bits per heavy atom. The van der Waals surface area contributed by atoms with Gasteiger partial charge in [0.15, 0.2) is 12.4 Å². The number of nitrogens with two attached hydrogens (primary N) is 1. The molecule has 0 unspecified atom stereocenters. The Morgan fingerprint density at radius 3 is 2.59 bits per heavy atom. The fourth-order valence-electron chi connectivity index (χ4n) is 1.10. The monoisotopic (exact) mass is 250 g/mol. The molecule has 96 valence electrons. The van der Waals surface area contributed by atoms with Gasteiger partial charge in [-0.25, -0.2) is 4.98 Å². The van der Waals surface area contributed by atoms with Gasteiger partial charge in [0.2, 0.25) is 0 Å². The number of aromatic nitrogens is 1. The first-order valence-electron chi connectivity index (χ1n) is 4.97. The quantitative estimate of drug-likeness (QED) is 0.866. The molecule has 0 atom stereocenters. The van der Waals surface area contributed by atoms with Crippen molar-refractivity contribution in [1.82, 2.24) is 4.98 Å². The van der Waals surface area contributed by atoms with Crippen LogP contribution in [0.15, 0.2) is 12.3 Å². The van der Waals surface area contributed by atoms with E-state index in [1.807, 2.05) is 0 Å². The predicted octanol–water partition coefficient (Wildman–Crippen LogP) is 1.88. The first kappa shape index (κ1) is 13.6. The maximum atomic E-state index is 12.0. The molecule has 1 heterocycles. The second-order valence-electron chi connectivity index (χ2n) is 3.19. The van der Waals surface area contributed by atoms with E-state index in [2.05, 4.69) is 9.72 Å². The van der Waals surface area contributed by atoms with Crippen LogP contribution in [0.25, 0.3) is 0 Å². The van der Waals surface area contributed by atoms with Gasteiger partial charge in [-0.1, -0.05) is 0 Å². The highest BCUT2D eigenvalue weighted by Gasteiger charge is 2.29. The summed E-state index contributed by atoms with van der Waals surface area (Å²) in [6, 6.07) is 1.52. The highest BCUT2D eigenvalue weighted by atomic mass is 19.4. The van der Waals surface area contributed by atoms with Crippen LogP contribution in [0.4, 0.5) is 13.2 Å². The zero-order valence-corrected chi connectivity index (χ0v) is 9.25. The van der Waals surface area contributed by atoms with E-state index in [1.165, 1.54) is 12.3 Å². The molecule has 0 aliphatic carbocycles. The van der Waals surface area contributed by atoms with Crippen LogP contribution in [0.2, 0.25) is 0 Å². The Hall–Kier alpha value is -1.50. The van der Waals surface area contributed by atoms with Crippen molar-refractivity contribution in [3.63, 3.8) is 0 Å². The standard InChI is InChI=1S/C10H13F3N2O2/c1-2-16-8-3-7(4-14)5-15-9(8)17-6-10(11,12)13/h3,5H,2,4,6,14H2,1H3. The van der Waals surface area contributed by atoms with Crippen LogP contribution < -0.4 is 15.2 Å². The smallest absolute Gasteiger partial charge is 0.422 e. The van der Waals surface area contributed by atoms with Gasteiger partial charge in [0.05, 0.1) is 6.61 Å². The molecule has 0 bridgehead atoms. The summed E-state index contributed by atoms with van der Waals surface area (Å²) in [5.41, 5.74) is 6.05. The first-order valence-corrected chi connectivity index (χ1v) is 4.97. The highest BCUT2D eigenvalue weighted by Crippen LogP contribution is 2.27. The van der Waals surface area contributed by atoms with Crippen molar-refractivity contribution in [3.8, 4) is 11.6 Å². The van der Waals surface area contributed by atoms with Gasteiger partial charge in [-0.15, -0.1) is 0 Å². The minimum absolute atomic E-state index is 0.166. The van der Waals surface area contributed by atoms with E-state index < -0.39 is 12.8 Å². The largest absolute Gasteiger partial charge is 0.488 e. The van der Waals surface area contributed by atoms with Gasteiger partial charge in [-0.3, -0.25) is 0 Å². The summed E-state index contributed by atoms with van der Waals surface area (Å²) in [6.45, 7) is 0.843. The zero-order valence-electron chi connectivity index (χ0n) is 9.25. The van der Waals surface area contributed by atoms with E-state index in [0.29, 0.717) is 12.2 Å². The summed E-state index contributed by atoms with van der Waals surface area (Å²) < 4.78 is 45.7. The third-order valence-electron chi connectivity index (χ3n) is 1.78. The van der Waals surface area contributed by atoms with Gasteiger partial charge in [-0.2, -0.15) is 13.2 Å². The van der Waals surface area contributed by atoms with Crippen molar-refractivity contribution in [1.29, 1.82) is 0 Å². The molecule has 0 aromatic carbocycles. The topological polar surface area (TPSA) is 57.4 Å². The van der Waals surface area contributed by atoms with E-state index in [0.717, 1.165) is 0 Å². The Kier molecular flexibility index (Phi) is 4.56. The van der Waals surface area contributed by atoms with Crippen LogP contribution in [-0.4, -0.2) is 24.4 Å². The number of alkyl halides is 3. The zero-order chi connectivity index (χ0) is 12.9. The van der Waals surface area contributed by atoms with Crippen molar-refractivity contribution in [2.24, 2.45) is 5.73 Å². The molecule has 4 nitrogen and oxygen atoms in total. The summed E-state index contributed by atoms with van der Waals surface area (Å²) in [6.07, 6.45) is -3.05. The fraction of sp³-hybridized carbons (Fsp3) is 0.500. The lowest BCUT2D eigenvalue weighted by Gasteiger charge is -2.12. The number of halogens is 3. The normalized spacial score (nSPS) is 11.4. The van der Waals surface area contributed by atoms with Crippen molar-refractivity contribution in [2.45, 2.75) is 19.6 Å². The van der Waals surface area contributed by atoms with Gasteiger partial charge in [-0.05, 0) is 18.6 Å². The summed E-state index contributed by atoms with van der Waals surface area (Å²) in [7, 11) is 0. The molecule has 0 amide bonds. The van der Waals surface area contributed by atoms with E-state index in [9.17, 15) is 13.2 Å². The van der Waals surface area contributed by atoms with Crippen LogP contribution in [0, 0.1) is 0 Å². The van der Waals surface area contributed by atoms with Crippen LogP contribution in [0.3, 0.4) is 0 Å². The summed E-state index contributed by atoms with van der Waals surface area (Å²) in [4.78, 5) is 3.74. The first-order chi connectivity index (χ1) is 7.96. The van der Waals surface area contributed by atoms with Crippen LogP contribution in [-0.2, 0) is 6.54 Å². The molecule has 0 aliphatic rings. The SMILES string of the molecule is CCOc1cc(CN)cnc1OCC(F)(F)F.